The van der Waals surface area contributed by atoms with Gasteiger partial charge in [-0.1, -0.05) is 43.2 Å². The summed E-state index contributed by atoms with van der Waals surface area (Å²) in [6, 6.07) is 9.71. The third-order valence-electron chi connectivity index (χ3n) is 4.48. The summed E-state index contributed by atoms with van der Waals surface area (Å²) in [6.45, 7) is 3.61. The van der Waals surface area contributed by atoms with Gasteiger partial charge in [-0.05, 0) is 43.7 Å². The molecule has 3 heteroatoms. The van der Waals surface area contributed by atoms with E-state index in [4.69, 9.17) is 10.5 Å². The highest BCUT2D eigenvalue weighted by Gasteiger charge is 2.27. The Labute approximate surface area is 122 Å². The lowest BCUT2D eigenvalue weighted by molar-refractivity contribution is -0.0539. The van der Waals surface area contributed by atoms with Crippen LogP contribution in [0.15, 0.2) is 30.3 Å². The summed E-state index contributed by atoms with van der Waals surface area (Å²) in [4.78, 5) is 0. The molecule has 0 radical (unpaired) electrons. The van der Waals surface area contributed by atoms with Gasteiger partial charge in [-0.25, -0.2) is 0 Å². The molecule has 1 saturated carbocycles. The van der Waals surface area contributed by atoms with E-state index in [1.54, 1.807) is 0 Å². The molecule has 1 aliphatic rings. The molecule has 0 aliphatic heterocycles. The fourth-order valence-electron chi connectivity index (χ4n) is 3.10. The topological polar surface area (TPSA) is 55.5 Å². The van der Waals surface area contributed by atoms with E-state index in [1.807, 2.05) is 37.3 Å². The van der Waals surface area contributed by atoms with Gasteiger partial charge >= 0.3 is 0 Å². The van der Waals surface area contributed by atoms with Gasteiger partial charge < -0.3 is 15.6 Å². The molecule has 3 nitrogen and oxygen atoms in total. The van der Waals surface area contributed by atoms with Crippen molar-refractivity contribution in [1.29, 1.82) is 0 Å². The second kappa shape index (κ2) is 7.21. The van der Waals surface area contributed by atoms with E-state index < -0.39 is 5.60 Å². The van der Waals surface area contributed by atoms with E-state index in [0.717, 1.165) is 12.1 Å². The van der Waals surface area contributed by atoms with Gasteiger partial charge in [0, 0.05) is 6.61 Å². The zero-order valence-electron chi connectivity index (χ0n) is 12.4. The Morgan fingerprint density at radius 1 is 1.20 bits per heavy atom. The molecule has 3 unspecified atom stereocenters. The SMILES string of the molecule is CC(O)(COCC1CCCCC1CN)c1ccccc1. The molecule has 0 saturated heterocycles. The van der Waals surface area contributed by atoms with E-state index in [2.05, 4.69) is 0 Å². The molecule has 1 aromatic rings. The molecule has 0 aromatic heterocycles. The first-order valence-electron chi connectivity index (χ1n) is 7.69. The first-order valence-corrected chi connectivity index (χ1v) is 7.69. The van der Waals surface area contributed by atoms with Crippen LogP contribution in [-0.4, -0.2) is 24.9 Å². The molecular formula is C17H27NO2. The number of hydrogen-bond acceptors (Lipinski definition) is 3. The average Bonchev–Trinajstić information content (AvgIpc) is 2.48. The standard InChI is InChI=1S/C17H27NO2/c1-17(19,16-9-3-2-4-10-16)13-20-12-15-8-6-5-7-14(15)11-18/h2-4,9-10,14-15,19H,5-8,11-13,18H2,1H3. The molecule has 1 aromatic carbocycles. The molecule has 0 spiro atoms. The van der Waals surface area contributed by atoms with Crippen molar-refractivity contribution >= 4 is 0 Å². The van der Waals surface area contributed by atoms with Crippen LogP contribution in [0, 0.1) is 11.8 Å². The second-order valence-electron chi connectivity index (χ2n) is 6.20. The van der Waals surface area contributed by atoms with E-state index in [0.29, 0.717) is 25.0 Å². The highest BCUT2D eigenvalue weighted by Crippen LogP contribution is 2.30. The van der Waals surface area contributed by atoms with Crippen LogP contribution in [0.5, 0.6) is 0 Å². The van der Waals surface area contributed by atoms with Gasteiger partial charge in [0.2, 0.25) is 0 Å². The van der Waals surface area contributed by atoms with Crippen LogP contribution >= 0.6 is 0 Å². The minimum absolute atomic E-state index is 0.338. The summed E-state index contributed by atoms with van der Waals surface area (Å²) < 4.78 is 5.82. The normalized spacial score (nSPS) is 26.1. The van der Waals surface area contributed by atoms with Crippen LogP contribution in [-0.2, 0) is 10.3 Å². The molecule has 3 N–H and O–H groups in total. The molecule has 0 heterocycles. The Bertz CT molecular complexity index is 391. The van der Waals surface area contributed by atoms with E-state index in [1.165, 1.54) is 25.7 Å². The van der Waals surface area contributed by atoms with Crippen molar-refractivity contribution in [2.75, 3.05) is 19.8 Å². The van der Waals surface area contributed by atoms with Gasteiger partial charge in [0.15, 0.2) is 0 Å². The minimum atomic E-state index is -0.922. The van der Waals surface area contributed by atoms with Crippen LogP contribution in [0.3, 0.4) is 0 Å². The van der Waals surface area contributed by atoms with Crippen LogP contribution in [0.25, 0.3) is 0 Å². The number of nitrogens with two attached hydrogens (primary N) is 1. The summed E-state index contributed by atoms with van der Waals surface area (Å²) in [5.41, 5.74) is 5.82. The fourth-order valence-corrected chi connectivity index (χ4v) is 3.10. The summed E-state index contributed by atoms with van der Waals surface area (Å²) >= 11 is 0. The number of hydrogen-bond donors (Lipinski definition) is 2. The Balaban J connectivity index is 1.82. The van der Waals surface area contributed by atoms with Crippen molar-refractivity contribution in [3.63, 3.8) is 0 Å². The van der Waals surface area contributed by atoms with Gasteiger partial charge in [0.1, 0.15) is 5.60 Å². The predicted molar refractivity (Wildman–Crippen MR) is 81.3 cm³/mol. The molecule has 0 bridgehead atoms. The maximum Gasteiger partial charge on any atom is 0.110 e. The Kier molecular flexibility index (Phi) is 5.58. The Morgan fingerprint density at radius 2 is 1.85 bits per heavy atom. The van der Waals surface area contributed by atoms with Gasteiger partial charge in [0.05, 0.1) is 6.61 Å². The lowest BCUT2D eigenvalue weighted by Crippen LogP contribution is -2.33. The number of aliphatic hydroxyl groups is 1. The summed E-state index contributed by atoms with van der Waals surface area (Å²) in [5.74, 6) is 1.14. The maximum absolute atomic E-state index is 10.5. The highest BCUT2D eigenvalue weighted by atomic mass is 16.5. The highest BCUT2D eigenvalue weighted by molar-refractivity contribution is 5.21. The molecule has 1 fully saturated rings. The number of benzene rings is 1. The lowest BCUT2D eigenvalue weighted by Gasteiger charge is -2.31. The van der Waals surface area contributed by atoms with Crippen molar-refractivity contribution in [3.8, 4) is 0 Å². The largest absolute Gasteiger partial charge is 0.383 e. The fraction of sp³-hybridized carbons (Fsp3) is 0.647. The zero-order valence-corrected chi connectivity index (χ0v) is 12.4. The van der Waals surface area contributed by atoms with E-state index in [-0.39, 0.29) is 0 Å². The van der Waals surface area contributed by atoms with Crippen molar-refractivity contribution < 1.29 is 9.84 Å². The number of rotatable bonds is 6. The predicted octanol–water partition coefficient (Wildman–Crippen LogP) is 2.68. The molecule has 1 aliphatic carbocycles. The van der Waals surface area contributed by atoms with Crippen molar-refractivity contribution in [2.45, 2.75) is 38.2 Å². The van der Waals surface area contributed by atoms with Gasteiger partial charge in [-0.15, -0.1) is 0 Å². The summed E-state index contributed by atoms with van der Waals surface area (Å²) in [5, 5.41) is 10.5. The second-order valence-corrected chi connectivity index (χ2v) is 6.20. The van der Waals surface area contributed by atoms with Crippen LogP contribution < -0.4 is 5.73 Å². The van der Waals surface area contributed by atoms with Crippen molar-refractivity contribution in [1.82, 2.24) is 0 Å². The van der Waals surface area contributed by atoms with Gasteiger partial charge in [-0.2, -0.15) is 0 Å². The number of ether oxygens (including phenoxy) is 1. The van der Waals surface area contributed by atoms with Crippen LogP contribution in [0.2, 0.25) is 0 Å². The molecule has 0 amide bonds. The van der Waals surface area contributed by atoms with Crippen molar-refractivity contribution in [3.05, 3.63) is 35.9 Å². The molecule has 112 valence electrons. The van der Waals surface area contributed by atoms with E-state index in [9.17, 15) is 5.11 Å². The van der Waals surface area contributed by atoms with Crippen molar-refractivity contribution in [2.24, 2.45) is 17.6 Å². The maximum atomic E-state index is 10.5. The van der Waals surface area contributed by atoms with Gasteiger partial charge in [-0.3, -0.25) is 0 Å². The lowest BCUT2D eigenvalue weighted by atomic mass is 9.80. The Hall–Kier alpha value is -0.900. The zero-order chi connectivity index (χ0) is 14.4. The van der Waals surface area contributed by atoms with E-state index >= 15 is 0 Å². The van der Waals surface area contributed by atoms with Crippen LogP contribution in [0.1, 0.15) is 38.2 Å². The first-order chi connectivity index (χ1) is 9.63. The summed E-state index contributed by atoms with van der Waals surface area (Å²) in [6.07, 6.45) is 4.99. The quantitative estimate of drug-likeness (QED) is 0.840. The molecule has 2 rings (SSSR count). The van der Waals surface area contributed by atoms with Gasteiger partial charge in [0.25, 0.3) is 0 Å². The Morgan fingerprint density at radius 3 is 2.50 bits per heavy atom. The average molecular weight is 277 g/mol. The molecular weight excluding hydrogens is 250 g/mol. The summed E-state index contributed by atoms with van der Waals surface area (Å²) in [7, 11) is 0. The third kappa shape index (κ3) is 4.05. The molecule has 20 heavy (non-hydrogen) atoms. The smallest absolute Gasteiger partial charge is 0.110 e. The minimum Gasteiger partial charge on any atom is -0.383 e. The first kappa shape index (κ1) is 15.5. The monoisotopic (exact) mass is 277 g/mol. The van der Waals surface area contributed by atoms with Crippen LogP contribution in [0.4, 0.5) is 0 Å². The third-order valence-corrected chi connectivity index (χ3v) is 4.48. The molecule has 3 atom stereocenters.